The fourth-order valence-corrected chi connectivity index (χ4v) is 2.13. The summed E-state index contributed by atoms with van der Waals surface area (Å²) >= 11 is 1.53. The molecule has 1 heterocycles. The second-order valence-corrected chi connectivity index (χ2v) is 4.42. The number of aryl methyl sites for hydroxylation is 1. The third-order valence-corrected chi connectivity index (χ3v) is 3.34. The highest BCUT2D eigenvalue weighted by molar-refractivity contribution is 7.14. The maximum atomic E-state index is 11.8. The molecule has 0 bridgehead atoms. The zero-order valence-electron chi connectivity index (χ0n) is 8.99. The molecule has 15 heavy (non-hydrogen) atoms. The molecule has 1 rings (SSSR count). The summed E-state index contributed by atoms with van der Waals surface area (Å²) < 4.78 is 0. The Labute approximate surface area is 93.9 Å². The van der Waals surface area contributed by atoms with E-state index in [1.807, 2.05) is 18.2 Å². The minimum Gasteiger partial charge on any atom is -0.340 e. The lowest BCUT2D eigenvalue weighted by molar-refractivity contribution is 0.0803. The molecule has 0 fully saturated rings. The van der Waals surface area contributed by atoms with Crippen LogP contribution in [0.2, 0.25) is 0 Å². The molecule has 0 aliphatic heterocycles. The Kier molecular flexibility index (Phi) is 4.32. The first-order valence-electron chi connectivity index (χ1n) is 4.90. The smallest absolute Gasteiger partial charge is 0.263 e. The number of carbonyl (C=O) groups excluding carboxylic acids is 1. The van der Waals surface area contributed by atoms with Gasteiger partial charge in [-0.2, -0.15) is 5.26 Å². The summed E-state index contributed by atoms with van der Waals surface area (Å²) in [6.07, 6.45) is 1.34. The topological polar surface area (TPSA) is 44.1 Å². The average Bonchev–Trinajstić information content (AvgIpc) is 2.73. The molecule has 0 aromatic carbocycles. The standard InChI is InChI=1S/C11H14N2OS/c1-3-9-5-6-10(15-9)11(14)13(2)8-4-7-12/h5-6H,3-4,8H2,1-2H3. The van der Waals surface area contributed by atoms with Gasteiger partial charge in [0, 0.05) is 18.5 Å². The Hall–Kier alpha value is -1.34. The summed E-state index contributed by atoms with van der Waals surface area (Å²) in [6, 6.07) is 5.87. The third kappa shape index (κ3) is 3.07. The van der Waals surface area contributed by atoms with E-state index >= 15 is 0 Å². The van der Waals surface area contributed by atoms with Gasteiger partial charge >= 0.3 is 0 Å². The highest BCUT2D eigenvalue weighted by Gasteiger charge is 2.13. The number of hydrogen-bond acceptors (Lipinski definition) is 3. The first-order valence-corrected chi connectivity index (χ1v) is 5.71. The van der Waals surface area contributed by atoms with Crippen LogP contribution in [0.3, 0.4) is 0 Å². The van der Waals surface area contributed by atoms with Crippen molar-refractivity contribution in [2.75, 3.05) is 13.6 Å². The van der Waals surface area contributed by atoms with Gasteiger partial charge < -0.3 is 4.90 Å². The molecule has 3 nitrogen and oxygen atoms in total. The minimum atomic E-state index is 0.00921. The van der Waals surface area contributed by atoms with Gasteiger partial charge in [-0.15, -0.1) is 11.3 Å². The molecule has 0 spiro atoms. The van der Waals surface area contributed by atoms with Gasteiger partial charge in [0.25, 0.3) is 5.91 Å². The molecular formula is C11H14N2OS. The zero-order valence-corrected chi connectivity index (χ0v) is 9.80. The molecule has 80 valence electrons. The maximum Gasteiger partial charge on any atom is 0.263 e. The van der Waals surface area contributed by atoms with Crippen molar-refractivity contribution in [3.8, 4) is 6.07 Å². The number of amides is 1. The van der Waals surface area contributed by atoms with Crippen molar-refractivity contribution >= 4 is 17.2 Å². The Morgan fingerprint density at radius 2 is 2.33 bits per heavy atom. The molecule has 0 atom stereocenters. The van der Waals surface area contributed by atoms with E-state index in [2.05, 4.69) is 6.92 Å². The number of rotatable bonds is 4. The summed E-state index contributed by atoms with van der Waals surface area (Å²) in [6.45, 7) is 2.56. The molecule has 0 radical (unpaired) electrons. The van der Waals surface area contributed by atoms with Gasteiger partial charge in [-0.25, -0.2) is 0 Å². The van der Waals surface area contributed by atoms with Crippen molar-refractivity contribution < 1.29 is 4.79 Å². The van der Waals surface area contributed by atoms with E-state index in [0.29, 0.717) is 13.0 Å². The Morgan fingerprint density at radius 3 is 2.87 bits per heavy atom. The van der Waals surface area contributed by atoms with Crippen LogP contribution >= 0.6 is 11.3 Å². The summed E-state index contributed by atoms with van der Waals surface area (Å²) in [4.78, 5) is 15.4. The van der Waals surface area contributed by atoms with Crippen LogP contribution < -0.4 is 0 Å². The van der Waals surface area contributed by atoms with Gasteiger partial charge in [-0.1, -0.05) is 6.92 Å². The number of carbonyl (C=O) groups is 1. The van der Waals surface area contributed by atoms with Crippen molar-refractivity contribution in [2.45, 2.75) is 19.8 Å². The van der Waals surface area contributed by atoms with Crippen molar-refractivity contribution in [1.82, 2.24) is 4.90 Å². The SMILES string of the molecule is CCc1ccc(C(=O)N(C)CCC#N)s1. The lowest BCUT2D eigenvalue weighted by Crippen LogP contribution is -2.26. The van der Waals surface area contributed by atoms with Gasteiger partial charge in [0.2, 0.25) is 0 Å². The Bertz CT molecular complexity index is 378. The fraction of sp³-hybridized carbons (Fsp3) is 0.455. The number of nitriles is 1. The van der Waals surface area contributed by atoms with E-state index in [-0.39, 0.29) is 5.91 Å². The van der Waals surface area contributed by atoms with Crippen LogP contribution in [0, 0.1) is 11.3 Å². The van der Waals surface area contributed by atoms with Gasteiger partial charge in [-0.3, -0.25) is 4.79 Å². The molecule has 0 N–H and O–H groups in total. The molecule has 0 saturated carbocycles. The number of hydrogen-bond donors (Lipinski definition) is 0. The number of thiophene rings is 1. The van der Waals surface area contributed by atoms with Crippen LogP contribution in [0.4, 0.5) is 0 Å². The first kappa shape index (κ1) is 11.7. The largest absolute Gasteiger partial charge is 0.340 e. The van der Waals surface area contributed by atoms with E-state index in [1.54, 1.807) is 11.9 Å². The van der Waals surface area contributed by atoms with Crippen molar-refractivity contribution in [1.29, 1.82) is 5.26 Å². The van der Waals surface area contributed by atoms with Crippen LogP contribution in [0.25, 0.3) is 0 Å². The predicted molar refractivity (Wildman–Crippen MR) is 60.9 cm³/mol. The Balaban J connectivity index is 2.64. The molecule has 0 aliphatic carbocycles. The van der Waals surface area contributed by atoms with E-state index < -0.39 is 0 Å². The summed E-state index contributed by atoms with van der Waals surface area (Å²) in [7, 11) is 1.73. The molecule has 1 amide bonds. The van der Waals surface area contributed by atoms with Gasteiger partial charge in [0.05, 0.1) is 17.4 Å². The summed E-state index contributed by atoms with van der Waals surface area (Å²) in [5.74, 6) is 0.00921. The van der Waals surface area contributed by atoms with Crippen LogP contribution in [-0.4, -0.2) is 24.4 Å². The molecule has 0 saturated heterocycles. The number of nitrogens with zero attached hydrogens (tertiary/aromatic N) is 2. The van der Waals surface area contributed by atoms with E-state index in [9.17, 15) is 4.79 Å². The molecule has 1 aromatic heterocycles. The molecular weight excluding hydrogens is 208 g/mol. The molecule has 1 aromatic rings. The van der Waals surface area contributed by atoms with Crippen LogP contribution in [0.15, 0.2) is 12.1 Å². The third-order valence-electron chi connectivity index (χ3n) is 2.13. The maximum absolute atomic E-state index is 11.8. The van der Waals surface area contributed by atoms with Gasteiger partial charge in [0.1, 0.15) is 0 Å². The zero-order chi connectivity index (χ0) is 11.3. The summed E-state index contributed by atoms with van der Waals surface area (Å²) in [5, 5.41) is 8.42. The normalized spacial score (nSPS) is 9.67. The van der Waals surface area contributed by atoms with Gasteiger partial charge in [0.15, 0.2) is 0 Å². The Morgan fingerprint density at radius 1 is 1.60 bits per heavy atom. The molecule has 0 aliphatic rings. The van der Waals surface area contributed by atoms with Crippen LogP contribution in [0.1, 0.15) is 27.9 Å². The van der Waals surface area contributed by atoms with Crippen LogP contribution in [0.5, 0.6) is 0 Å². The van der Waals surface area contributed by atoms with Crippen molar-refractivity contribution in [3.05, 3.63) is 21.9 Å². The second-order valence-electron chi connectivity index (χ2n) is 3.25. The average molecular weight is 222 g/mol. The van der Waals surface area contributed by atoms with Crippen molar-refractivity contribution in [2.24, 2.45) is 0 Å². The van der Waals surface area contributed by atoms with Crippen LogP contribution in [-0.2, 0) is 6.42 Å². The minimum absolute atomic E-state index is 0.00921. The predicted octanol–water partition coefficient (Wildman–Crippen LogP) is 2.30. The van der Waals surface area contributed by atoms with Gasteiger partial charge in [-0.05, 0) is 18.6 Å². The second kappa shape index (κ2) is 5.52. The highest BCUT2D eigenvalue weighted by Crippen LogP contribution is 2.18. The summed E-state index contributed by atoms with van der Waals surface area (Å²) in [5.41, 5.74) is 0. The quantitative estimate of drug-likeness (QED) is 0.784. The highest BCUT2D eigenvalue weighted by atomic mass is 32.1. The fourth-order valence-electron chi connectivity index (χ4n) is 1.19. The molecule has 0 unspecified atom stereocenters. The molecule has 4 heteroatoms. The van der Waals surface area contributed by atoms with E-state index in [4.69, 9.17) is 5.26 Å². The monoisotopic (exact) mass is 222 g/mol. The van der Waals surface area contributed by atoms with Crippen molar-refractivity contribution in [3.63, 3.8) is 0 Å². The lowest BCUT2D eigenvalue weighted by atomic mass is 10.3. The van der Waals surface area contributed by atoms with E-state index in [0.717, 1.165) is 11.3 Å². The van der Waals surface area contributed by atoms with E-state index in [1.165, 1.54) is 16.2 Å². The lowest BCUT2D eigenvalue weighted by Gasteiger charge is -2.13. The first-order chi connectivity index (χ1) is 7.19.